The first-order valence-electron chi connectivity index (χ1n) is 9.68. The average Bonchev–Trinajstić information content (AvgIpc) is 2.31. The van der Waals surface area contributed by atoms with Gasteiger partial charge in [0.25, 0.3) is 0 Å². The second-order valence-electron chi connectivity index (χ2n) is 10.3. The fourth-order valence-corrected chi connectivity index (χ4v) is 4.01. The first-order chi connectivity index (χ1) is 11.1. The minimum Gasteiger partial charge on any atom is -0.314 e. The van der Waals surface area contributed by atoms with Crippen molar-refractivity contribution in [1.29, 1.82) is 0 Å². The largest absolute Gasteiger partial charge is 0.314 e. The van der Waals surface area contributed by atoms with Gasteiger partial charge in [-0.05, 0) is 68.4 Å². The van der Waals surface area contributed by atoms with Gasteiger partial charge in [-0.3, -0.25) is 15.5 Å². The number of nitrogens with one attached hydrogen (secondary N) is 2. The molecule has 1 rings (SSSR count). The van der Waals surface area contributed by atoms with Crippen LogP contribution in [0.25, 0.3) is 0 Å². The minimum absolute atomic E-state index is 0.0129. The van der Waals surface area contributed by atoms with Crippen molar-refractivity contribution >= 4 is 0 Å². The third-order valence-electron chi connectivity index (χ3n) is 4.46. The molecule has 1 saturated heterocycles. The van der Waals surface area contributed by atoms with Crippen LogP contribution in [-0.4, -0.2) is 71.5 Å². The van der Waals surface area contributed by atoms with Crippen LogP contribution in [0.3, 0.4) is 0 Å². The van der Waals surface area contributed by atoms with Gasteiger partial charge in [-0.15, -0.1) is 0 Å². The summed E-state index contributed by atoms with van der Waals surface area (Å²) in [7, 11) is 0. The Morgan fingerprint density at radius 3 is 1.52 bits per heavy atom. The molecule has 6 heteroatoms. The molecule has 0 aromatic rings. The summed E-state index contributed by atoms with van der Waals surface area (Å²) in [6.07, 6.45) is 1.10. The van der Waals surface area contributed by atoms with E-state index in [2.05, 4.69) is 48.1 Å². The molecule has 0 radical (unpaired) electrons. The molecule has 0 aliphatic carbocycles. The zero-order chi connectivity index (χ0) is 19.5. The van der Waals surface area contributed by atoms with E-state index in [1.165, 1.54) is 0 Å². The van der Waals surface area contributed by atoms with E-state index >= 15 is 0 Å². The monoisotopic (exact) mass is 356 g/mol. The lowest BCUT2D eigenvalue weighted by atomic mass is 9.97. The van der Waals surface area contributed by atoms with E-state index in [0.29, 0.717) is 0 Å². The SMILES string of the molecule is CC(C)(N)NC(C)(C)CCN1CCN(CC(C)(C)NC(C)(C)N)CC1. The van der Waals surface area contributed by atoms with Gasteiger partial charge >= 0.3 is 0 Å². The Morgan fingerprint density at radius 2 is 1.08 bits per heavy atom. The highest BCUT2D eigenvalue weighted by molar-refractivity contribution is 4.90. The van der Waals surface area contributed by atoms with Crippen molar-refractivity contribution in [2.45, 2.75) is 84.2 Å². The third kappa shape index (κ3) is 10.5. The summed E-state index contributed by atoms with van der Waals surface area (Å²) in [6, 6.07) is 0. The lowest BCUT2D eigenvalue weighted by Crippen LogP contribution is -2.62. The van der Waals surface area contributed by atoms with E-state index in [4.69, 9.17) is 11.5 Å². The van der Waals surface area contributed by atoms with Crippen LogP contribution in [0.5, 0.6) is 0 Å². The fraction of sp³-hybridized carbons (Fsp3) is 1.00. The number of nitrogens with zero attached hydrogens (tertiary/aromatic N) is 2. The third-order valence-corrected chi connectivity index (χ3v) is 4.46. The Kier molecular flexibility index (Phi) is 7.47. The van der Waals surface area contributed by atoms with E-state index in [-0.39, 0.29) is 22.4 Å². The highest BCUT2D eigenvalue weighted by atomic mass is 15.3. The Bertz CT molecular complexity index is 397. The number of piperazine rings is 1. The lowest BCUT2D eigenvalue weighted by Gasteiger charge is -2.42. The Morgan fingerprint density at radius 1 is 0.680 bits per heavy atom. The van der Waals surface area contributed by atoms with Gasteiger partial charge in [-0.1, -0.05) is 0 Å². The molecule has 0 amide bonds. The van der Waals surface area contributed by atoms with Crippen molar-refractivity contribution in [3.05, 3.63) is 0 Å². The van der Waals surface area contributed by atoms with Crippen LogP contribution < -0.4 is 22.1 Å². The van der Waals surface area contributed by atoms with Crippen LogP contribution in [0, 0.1) is 0 Å². The standard InChI is InChI=1S/C19H44N6/c1-16(2,22-18(5,6)20)9-10-24-11-13-25(14-12-24)15-17(3,4)23-19(7,8)21/h22-23H,9-15,20-21H2,1-8H3. The smallest absolute Gasteiger partial charge is 0.0608 e. The topological polar surface area (TPSA) is 82.6 Å². The second-order valence-corrected chi connectivity index (χ2v) is 10.3. The average molecular weight is 357 g/mol. The summed E-state index contributed by atoms with van der Waals surface area (Å²) in [5.41, 5.74) is 11.6. The molecule has 1 aliphatic rings. The van der Waals surface area contributed by atoms with E-state index in [1.807, 2.05) is 27.7 Å². The molecule has 1 heterocycles. The Labute approximate surface area is 156 Å². The minimum atomic E-state index is -0.347. The summed E-state index contributed by atoms with van der Waals surface area (Å²) < 4.78 is 0. The van der Waals surface area contributed by atoms with Crippen molar-refractivity contribution in [3.8, 4) is 0 Å². The Hall–Kier alpha value is -0.240. The van der Waals surface area contributed by atoms with Crippen LogP contribution in [0.1, 0.15) is 61.8 Å². The first-order valence-corrected chi connectivity index (χ1v) is 9.68. The first kappa shape index (κ1) is 22.8. The molecular formula is C19H44N6. The van der Waals surface area contributed by atoms with E-state index in [1.54, 1.807) is 0 Å². The van der Waals surface area contributed by atoms with E-state index in [0.717, 1.165) is 45.7 Å². The zero-order valence-corrected chi connectivity index (χ0v) is 18.0. The highest BCUT2D eigenvalue weighted by Crippen LogP contribution is 2.15. The zero-order valence-electron chi connectivity index (χ0n) is 18.0. The molecule has 150 valence electrons. The number of nitrogens with two attached hydrogens (primary N) is 2. The quantitative estimate of drug-likeness (QED) is 0.464. The van der Waals surface area contributed by atoms with Gasteiger partial charge in [-0.2, -0.15) is 0 Å². The summed E-state index contributed by atoms with van der Waals surface area (Å²) in [5, 5.41) is 7.04. The molecule has 6 N–H and O–H groups in total. The molecule has 1 aliphatic heterocycles. The van der Waals surface area contributed by atoms with Crippen molar-refractivity contribution < 1.29 is 0 Å². The molecule has 0 spiro atoms. The van der Waals surface area contributed by atoms with Gasteiger partial charge in [0.05, 0.1) is 11.3 Å². The molecule has 25 heavy (non-hydrogen) atoms. The predicted octanol–water partition coefficient (Wildman–Crippen LogP) is 1.12. The van der Waals surface area contributed by atoms with Gasteiger partial charge in [-0.25, -0.2) is 0 Å². The fourth-order valence-electron chi connectivity index (χ4n) is 4.01. The molecule has 0 aromatic carbocycles. The summed E-state index contributed by atoms with van der Waals surface area (Å²) in [5.74, 6) is 0. The summed E-state index contributed by atoms with van der Waals surface area (Å²) >= 11 is 0. The number of hydrogen-bond acceptors (Lipinski definition) is 6. The van der Waals surface area contributed by atoms with Gasteiger partial charge in [0.2, 0.25) is 0 Å². The normalized spacial score (nSPS) is 19.4. The van der Waals surface area contributed by atoms with Gasteiger partial charge in [0.1, 0.15) is 0 Å². The molecular weight excluding hydrogens is 312 g/mol. The maximum atomic E-state index is 6.12. The predicted molar refractivity (Wildman–Crippen MR) is 108 cm³/mol. The molecule has 0 saturated carbocycles. The molecule has 0 atom stereocenters. The molecule has 0 bridgehead atoms. The molecule has 0 unspecified atom stereocenters. The van der Waals surface area contributed by atoms with Crippen LogP contribution in [-0.2, 0) is 0 Å². The number of rotatable bonds is 9. The van der Waals surface area contributed by atoms with Crippen molar-refractivity contribution in [1.82, 2.24) is 20.4 Å². The second kappa shape index (κ2) is 8.19. The van der Waals surface area contributed by atoms with Crippen LogP contribution in [0.2, 0.25) is 0 Å². The van der Waals surface area contributed by atoms with E-state index in [9.17, 15) is 0 Å². The van der Waals surface area contributed by atoms with Crippen molar-refractivity contribution in [2.24, 2.45) is 11.5 Å². The van der Waals surface area contributed by atoms with Crippen LogP contribution in [0.4, 0.5) is 0 Å². The molecule has 1 fully saturated rings. The van der Waals surface area contributed by atoms with Crippen LogP contribution >= 0.6 is 0 Å². The lowest BCUT2D eigenvalue weighted by molar-refractivity contribution is 0.0925. The van der Waals surface area contributed by atoms with Gasteiger partial charge < -0.3 is 16.4 Å². The van der Waals surface area contributed by atoms with Gasteiger partial charge in [0.15, 0.2) is 0 Å². The summed E-state index contributed by atoms with van der Waals surface area (Å²) in [6.45, 7) is 23.6. The van der Waals surface area contributed by atoms with Gasteiger partial charge in [0, 0.05) is 43.8 Å². The maximum Gasteiger partial charge on any atom is 0.0608 e. The molecule has 6 nitrogen and oxygen atoms in total. The van der Waals surface area contributed by atoms with Crippen molar-refractivity contribution in [2.75, 3.05) is 39.3 Å². The molecule has 0 aromatic heterocycles. The van der Waals surface area contributed by atoms with Crippen LogP contribution in [0.15, 0.2) is 0 Å². The number of hydrogen-bond donors (Lipinski definition) is 4. The maximum absolute atomic E-state index is 6.12. The highest BCUT2D eigenvalue weighted by Gasteiger charge is 2.29. The Balaban J connectivity index is 2.37. The van der Waals surface area contributed by atoms with Crippen molar-refractivity contribution in [3.63, 3.8) is 0 Å². The van der Waals surface area contributed by atoms with E-state index < -0.39 is 0 Å². The summed E-state index contributed by atoms with van der Waals surface area (Å²) in [4.78, 5) is 5.11.